The first-order valence-electron chi connectivity index (χ1n) is 10.2. The molecule has 2 amide bonds. The molecule has 0 spiro atoms. The molecule has 1 aliphatic rings. The number of piperazine rings is 1. The molecule has 6 nitrogen and oxygen atoms in total. The average molecular weight is 436 g/mol. The van der Waals surface area contributed by atoms with Crippen LogP contribution in [0.3, 0.4) is 0 Å². The number of hydrogen-bond acceptors (Lipinski definition) is 4. The van der Waals surface area contributed by atoms with Gasteiger partial charge in [0.05, 0.1) is 17.4 Å². The third-order valence-electron chi connectivity index (χ3n) is 5.39. The number of benzene rings is 2. The van der Waals surface area contributed by atoms with Gasteiger partial charge in [0.1, 0.15) is 5.82 Å². The first kappa shape index (κ1) is 21.4. The molecule has 2 heterocycles. The number of aryl methyl sites for hydroxylation is 1. The van der Waals surface area contributed by atoms with E-state index in [1.54, 1.807) is 30.5 Å². The molecule has 8 heteroatoms. The molecule has 2 aromatic carbocycles. The quantitative estimate of drug-likeness (QED) is 0.674. The van der Waals surface area contributed by atoms with Crippen molar-refractivity contribution >= 4 is 23.3 Å². The zero-order valence-corrected chi connectivity index (χ0v) is 17.5. The van der Waals surface area contributed by atoms with Crippen LogP contribution in [-0.2, 0) is 0 Å². The van der Waals surface area contributed by atoms with Crippen molar-refractivity contribution in [1.29, 1.82) is 0 Å². The van der Waals surface area contributed by atoms with E-state index in [9.17, 15) is 18.4 Å². The summed E-state index contributed by atoms with van der Waals surface area (Å²) in [5.74, 6) is -2.18. The van der Waals surface area contributed by atoms with Crippen molar-refractivity contribution in [3.8, 4) is 0 Å². The molecule has 4 rings (SSSR count). The minimum atomic E-state index is -1.12. The third-order valence-corrected chi connectivity index (χ3v) is 5.39. The maximum absolute atomic E-state index is 13.9. The summed E-state index contributed by atoms with van der Waals surface area (Å²) in [7, 11) is 0. The van der Waals surface area contributed by atoms with E-state index in [0.29, 0.717) is 43.2 Å². The molecule has 164 valence electrons. The molecule has 3 aromatic rings. The SMILES string of the molecule is Cc1ccc(C(=O)Nc2ccc(N3CCN(C(=O)c4cccc(F)c4F)CC3)nc2)cc1. The number of pyridine rings is 1. The lowest BCUT2D eigenvalue weighted by Gasteiger charge is -2.35. The molecule has 1 aromatic heterocycles. The Morgan fingerprint density at radius 1 is 0.938 bits per heavy atom. The minimum Gasteiger partial charge on any atom is -0.353 e. The number of nitrogens with zero attached hydrogens (tertiary/aromatic N) is 3. The van der Waals surface area contributed by atoms with Gasteiger partial charge in [-0.3, -0.25) is 9.59 Å². The fraction of sp³-hybridized carbons (Fsp3) is 0.208. The fourth-order valence-electron chi connectivity index (χ4n) is 3.53. The van der Waals surface area contributed by atoms with Gasteiger partial charge < -0.3 is 15.1 Å². The first-order valence-corrected chi connectivity index (χ1v) is 10.2. The van der Waals surface area contributed by atoms with Crippen molar-refractivity contribution in [3.63, 3.8) is 0 Å². The third kappa shape index (κ3) is 4.59. The second kappa shape index (κ2) is 9.13. The van der Waals surface area contributed by atoms with Crippen LogP contribution in [0, 0.1) is 18.6 Å². The highest BCUT2D eigenvalue weighted by atomic mass is 19.2. The molecule has 32 heavy (non-hydrogen) atoms. The Labute approximate surface area is 184 Å². The maximum atomic E-state index is 13.9. The van der Waals surface area contributed by atoms with Gasteiger partial charge in [-0.1, -0.05) is 23.8 Å². The number of anilines is 2. The summed E-state index contributed by atoms with van der Waals surface area (Å²) in [6, 6.07) is 14.5. The van der Waals surface area contributed by atoms with Crippen LogP contribution >= 0.6 is 0 Å². The summed E-state index contributed by atoms with van der Waals surface area (Å²) in [6.07, 6.45) is 1.58. The van der Waals surface area contributed by atoms with Gasteiger partial charge in [0.2, 0.25) is 0 Å². The number of halogens is 2. The average Bonchev–Trinajstić information content (AvgIpc) is 2.81. The van der Waals surface area contributed by atoms with E-state index >= 15 is 0 Å². The van der Waals surface area contributed by atoms with Gasteiger partial charge in [-0.15, -0.1) is 0 Å². The molecule has 0 bridgehead atoms. The van der Waals surface area contributed by atoms with Crippen LogP contribution in [0.4, 0.5) is 20.3 Å². The minimum absolute atomic E-state index is 0.212. The second-order valence-corrected chi connectivity index (χ2v) is 7.61. The first-order chi connectivity index (χ1) is 15.4. The van der Waals surface area contributed by atoms with Gasteiger partial charge in [-0.05, 0) is 43.3 Å². The molecule has 0 aliphatic carbocycles. The van der Waals surface area contributed by atoms with E-state index in [0.717, 1.165) is 11.6 Å². The van der Waals surface area contributed by atoms with Crippen molar-refractivity contribution in [2.24, 2.45) is 0 Å². The van der Waals surface area contributed by atoms with Crippen LogP contribution in [0.2, 0.25) is 0 Å². The largest absolute Gasteiger partial charge is 0.353 e. The van der Waals surface area contributed by atoms with E-state index in [1.165, 1.54) is 17.0 Å². The number of amides is 2. The van der Waals surface area contributed by atoms with Gasteiger partial charge in [0, 0.05) is 31.7 Å². The molecule has 1 aliphatic heterocycles. The number of rotatable bonds is 4. The standard InChI is InChI=1S/C24H22F2N4O2/c1-16-5-7-17(8-6-16)23(31)28-18-9-10-21(27-15-18)29-11-13-30(14-12-29)24(32)19-3-2-4-20(25)22(19)26/h2-10,15H,11-14H2,1H3,(H,28,31). The van der Waals surface area contributed by atoms with Crippen molar-refractivity contribution < 1.29 is 18.4 Å². The van der Waals surface area contributed by atoms with Crippen LogP contribution < -0.4 is 10.2 Å². The second-order valence-electron chi connectivity index (χ2n) is 7.61. The predicted octanol–water partition coefficient (Wildman–Crippen LogP) is 3.88. The highest BCUT2D eigenvalue weighted by molar-refractivity contribution is 6.04. The molecule has 0 radical (unpaired) electrons. The van der Waals surface area contributed by atoms with E-state index < -0.39 is 17.5 Å². The monoisotopic (exact) mass is 436 g/mol. The molecule has 0 saturated carbocycles. The lowest BCUT2D eigenvalue weighted by Crippen LogP contribution is -2.49. The lowest BCUT2D eigenvalue weighted by atomic mass is 10.1. The molecular formula is C24H22F2N4O2. The smallest absolute Gasteiger partial charge is 0.257 e. The van der Waals surface area contributed by atoms with E-state index in [1.807, 2.05) is 24.0 Å². The zero-order valence-electron chi connectivity index (χ0n) is 17.5. The van der Waals surface area contributed by atoms with Gasteiger partial charge in [0.25, 0.3) is 11.8 Å². The summed E-state index contributed by atoms with van der Waals surface area (Å²) < 4.78 is 27.4. The topological polar surface area (TPSA) is 65.5 Å². The van der Waals surface area contributed by atoms with Gasteiger partial charge in [-0.25, -0.2) is 13.8 Å². The number of hydrogen-bond donors (Lipinski definition) is 1. The summed E-state index contributed by atoms with van der Waals surface area (Å²) >= 11 is 0. The Bertz CT molecular complexity index is 1130. The maximum Gasteiger partial charge on any atom is 0.257 e. The van der Waals surface area contributed by atoms with Crippen molar-refractivity contribution in [2.75, 3.05) is 36.4 Å². The number of aromatic nitrogens is 1. The van der Waals surface area contributed by atoms with Gasteiger partial charge >= 0.3 is 0 Å². The molecule has 0 atom stereocenters. The summed E-state index contributed by atoms with van der Waals surface area (Å²) in [5, 5.41) is 2.82. The molecule has 1 fully saturated rings. The van der Waals surface area contributed by atoms with Crippen LogP contribution in [0.25, 0.3) is 0 Å². The number of nitrogens with one attached hydrogen (secondary N) is 1. The molecule has 1 N–H and O–H groups in total. The van der Waals surface area contributed by atoms with Crippen molar-refractivity contribution in [1.82, 2.24) is 9.88 Å². The fourth-order valence-corrected chi connectivity index (χ4v) is 3.53. The Balaban J connectivity index is 1.35. The van der Waals surface area contributed by atoms with E-state index in [4.69, 9.17) is 0 Å². The van der Waals surface area contributed by atoms with Crippen LogP contribution in [-0.4, -0.2) is 47.9 Å². The number of carbonyl (C=O) groups excluding carboxylic acids is 2. The Morgan fingerprint density at radius 2 is 1.66 bits per heavy atom. The van der Waals surface area contributed by atoms with Crippen molar-refractivity contribution in [2.45, 2.75) is 6.92 Å². The zero-order chi connectivity index (χ0) is 22.7. The highest BCUT2D eigenvalue weighted by Gasteiger charge is 2.25. The van der Waals surface area contributed by atoms with Crippen LogP contribution in [0.15, 0.2) is 60.8 Å². The van der Waals surface area contributed by atoms with Crippen molar-refractivity contribution in [3.05, 3.63) is 89.1 Å². The molecular weight excluding hydrogens is 414 g/mol. The van der Waals surface area contributed by atoms with Crippen LogP contribution in [0.5, 0.6) is 0 Å². The number of carbonyl (C=O) groups is 2. The van der Waals surface area contributed by atoms with Gasteiger partial charge in [-0.2, -0.15) is 0 Å². The highest BCUT2D eigenvalue weighted by Crippen LogP contribution is 2.19. The predicted molar refractivity (Wildman–Crippen MR) is 118 cm³/mol. The normalized spacial score (nSPS) is 13.7. The van der Waals surface area contributed by atoms with E-state index in [2.05, 4.69) is 10.3 Å². The summed E-state index contributed by atoms with van der Waals surface area (Å²) in [6.45, 7) is 3.69. The summed E-state index contributed by atoms with van der Waals surface area (Å²) in [4.78, 5) is 32.8. The Hall–Kier alpha value is -3.81. The lowest BCUT2D eigenvalue weighted by molar-refractivity contribution is 0.0740. The molecule has 0 unspecified atom stereocenters. The van der Waals surface area contributed by atoms with E-state index in [-0.39, 0.29) is 11.5 Å². The van der Waals surface area contributed by atoms with Gasteiger partial charge in [0.15, 0.2) is 11.6 Å². The Morgan fingerprint density at radius 3 is 2.31 bits per heavy atom. The van der Waals surface area contributed by atoms with Crippen LogP contribution in [0.1, 0.15) is 26.3 Å². The molecule has 1 saturated heterocycles. The summed E-state index contributed by atoms with van der Waals surface area (Å²) in [5.41, 5.74) is 1.96. The Kier molecular flexibility index (Phi) is 6.11.